The molecule has 2 aromatic rings. The molecular weight excluding hydrogens is 408 g/mol. The first-order valence-electron chi connectivity index (χ1n) is 8.38. The summed E-state index contributed by atoms with van der Waals surface area (Å²) in [6, 6.07) is 4.93. The first-order valence-corrected chi connectivity index (χ1v) is 9.54. The molecule has 1 N–H and O–H groups in total. The van der Waals surface area contributed by atoms with Gasteiger partial charge in [-0.2, -0.15) is 0 Å². The van der Waals surface area contributed by atoms with E-state index in [2.05, 4.69) is 14.9 Å². The van der Waals surface area contributed by atoms with Gasteiger partial charge in [-0.05, 0) is 25.1 Å². The van der Waals surface area contributed by atoms with Crippen LogP contribution in [0.3, 0.4) is 0 Å². The highest BCUT2D eigenvalue weighted by atomic mass is 35.5. The van der Waals surface area contributed by atoms with E-state index in [9.17, 15) is 14.4 Å². The molecular formula is C17H17ClN4O5S. The molecule has 1 fully saturated rings. The van der Waals surface area contributed by atoms with Gasteiger partial charge < -0.3 is 19.7 Å². The van der Waals surface area contributed by atoms with E-state index in [-0.39, 0.29) is 36.2 Å². The predicted molar refractivity (Wildman–Crippen MR) is 103 cm³/mol. The number of carbonyl (C=O) groups is 3. The highest BCUT2D eigenvalue weighted by Crippen LogP contribution is 2.35. The molecule has 28 heavy (non-hydrogen) atoms. The lowest BCUT2D eigenvalue weighted by molar-refractivity contribution is -0.122. The minimum absolute atomic E-state index is 0.0163. The van der Waals surface area contributed by atoms with Gasteiger partial charge >= 0.3 is 5.97 Å². The van der Waals surface area contributed by atoms with E-state index in [1.165, 1.54) is 12.0 Å². The van der Waals surface area contributed by atoms with Crippen molar-refractivity contribution in [3.63, 3.8) is 0 Å². The normalized spacial score (nSPS) is 16.2. The SMILES string of the molecule is CCOC(=O)c1nnsc1NC(=O)C1CC(=O)N(c2cc(Cl)ccc2OC)C1. The summed E-state index contributed by atoms with van der Waals surface area (Å²) in [4.78, 5) is 38.5. The lowest BCUT2D eigenvalue weighted by Crippen LogP contribution is -2.28. The van der Waals surface area contributed by atoms with Crippen LogP contribution in [-0.4, -0.2) is 47.6 Å². The third-order valence-corrected chi connectivity index (χ3v) is 5.00. The van der Waals surface area contributed by atoms with E-state index < -0.39 is 17.8 Å². The van der Waals surface area contributed by atoms with E-state index in [4.69, 9.17) is 21.1 Å². The number of esters is 1. The molecule has 0 saturated carbocycles. The average molecular weight is 425 g/mol. The zero-order valence-electron chi connectivity index (χ0n) is 15.1. The Balaban J connectivity index is 1.74. The topological polar surface area (TPSA) is 111 Å². The zero-order valence-corrected chi connectivity index (χ0v) is 16.7. The van der Waals surface area contributed by atoms with Crippen molar-refractivity contribution < 1.29 is 23.9 Å². The van der Waals surface area contributed by atoms with Crippen molar-refractivity contribution in [1.29, 1.82) is 0 Å². The Labute approximate surface area is 169 Å². The molecule has 2 heterocycles. The van der Waals surface area contributed by atoms with Crippen LogP contribution in [-0.2, 0) is 14.3 Å². The molecule has 1 saturated heterocycles. The van der Waals surface area contributed by atoms with E-state index in [1.54, 1.807) is 25.1 Å². The van der Waals surface area contributed by atoms with Crippen LogP contribution in [0.5, 0.6) is 5.75 Å². The Morgan fingerprint density at radius 1 is 1.43 bits per heavy atom. The second kappa shape index (κ2) is 8.53. The Bertz CT molecular complexity index is 919. The quantitative estimate of drug-likeness (QED) is 0.708. The summed E-state index contributed by atoms with van der Waals surface area (Å²) < 4.78 is 13.9. The van der Waals surface area contributed by atoms with Crippen LogP contribution in [0.1, 0.15) is 23.8 Å². The third kappa shape index (κ3) is 4.07. The van der Waals surface area contributed by atoms with Gasteiger partial charge in [0.25, 0.3) is 0 Å². The van der Waals surface area contributed by atoms with Gasteiger partial charge in [0.05, 0.1) is 25.3 Å². The van der Waals surface area contributed by atoms with Gasteiger partial charge in [-0.1, -0.05) is 16.1 Å². The molecule has 2 amide bonds. The standard InChI is InChI=1S/C17H17ClN4O5S/c1-3-27-17(25)14-16(28-21-20-14)19-15(24)9-6-13(23)22(8-9)11-7-10(18)4-5-12(11)26-2/h4-5,7,9H,3,6,8H2,1-2H3,(H,19,24). The number of amides is 2. The number of carbonyl (C=O) groups excluding carboxylic acids is 3. The van der Waals surface area contributed by atoms with E-state index >= 15 is 0 Å². The second-order valence-electron chi connectivity index (χ2n) is 5.88. The van der Waals surface area contributed by atoms with Gasteiger partial charge in [-0.3, -0.25) is 9.59 Å². The number of hydrogen-bond donors (Lipinski definition) is 1. The summed E-state index contributed by atoms with van der Waals surface area (Å²) in [6.45, 7) is 2.00. The van der Waals surface area contributed by atoms with Crippen molar-refractivity contribution in [3.8, 4) is 5.75 Å². The minimum atomic E-state index is -0.667. The third-order valence-electron chi connectivity index (χ3n) is 4.12. The summed E-state index contributed by atoms with van der Waals surface area (Å²) in [6.07, 6.45) is 0.0163. The van der Waals surface area contributed by atoms with Crippen molar-refractivity contribution in [2.75, 3.05) is 30.5 Å². The number of halogens is 1. The van der Waals surface area contributed by atoms with Gasteiger partial charge in [0.15, 0.2) is 5.00 Å². The van der Waals surface area contributed by atoms with Crippen molar-refractivity contribution in [2.24, 2.45) is 5.92 Å². The number of nitrogens with zero attached hydrogens (tertiary/aromatic N) is 3. The minimum Gasteiger partial charge on any atom is -0.495 e. The predicted octanol–water partition coefficient (Wildman–Crippen LogP) is 2.37. The van der Waals surface area contributed by atoms with Crippen LogP contribution in [0.2, 0.25) is 5.02 Å². The lowest BCUT2D eigenvalue weighted by Gasteiger charge is -2.19. The van der Waals surface area contributed by atoms with Gasteiger partial charge in [0.1, 0.15) is 5.75 Å². The summed E-state index contributed by atoms with van der Waals surface area (Å²) in [5, 5.41) is 6.96. The van der Waals surface area contributed by atoms with Crippen LogP contribution < -0.4 is 15.0 Å². The number of anilines is 2. The van der Waals surface area contributed by atoms with Gasteiger partial charge in [0, 0.05) is 29.5 Å². The molecule has 0 radical (unpaired) electrons. The number of benzene rings is 1. The largest absolute Gasteiger partial charge is 0.495 e. The van der Waals surface area contributed by atoms with Crippen molar-refractivity contribution in [2.45, 2.75) is 13.3 Å². The first kappa shape index (κ1) is 20.0. The number of hydrogen-bond acceptors (Lipinski definition) is 8. The molecule has 3 rings (SSSR count). The maximum atomic E-state index is 12.6. The van der Waals surface area contributed by atoms with E-state index in [0.29, 0.717) is 16.5 Å². The van der Waals surface area contributed by atoms with Crippen LogP contribution in [0.4, 0.5) is 10.7 Å². The molecule has 148 valence electrons. The van der Waals surface area contributed by atoms with Gasteiger partial charge in [-0.25, -0.2) is 4.79 Å². The maximum Gasteiger partial charge on any atom is 0.362 e. The molecule has 0 bridgehead atoms. The molecule has 1 unspecified atom stereocenters. The molecule has 11 heteroatoms. The number of methoxy groups -OCH3 is 1. The number of ether oxygens (including phenoxy) is 2. The zero-order chi connectivity index (χ0) is 20.3. The molecule has 0 spiro atoms. The molecule has 1 aromatic heterocycles. The average Bonchev–Trinajstić information content (AvgIpc) is 3.28. The Hall–Kier alpha value is -2.72. The van der Waals surface area contributed by atoms with Crippen molar-refractivity contribution in [3.05, 3.63) is 28.9 Å². The highest BCUT2D eigenvalue weighted by molar-refractivity contribution is 7.10. The molecule has 1 aliphatic rings. The summed E-state index contributed by atoms with van der Waals surface area (Å²) in [7, 11) is 1.49. The van der Waals surface area contributed by atoms with Crippen LogP contribution in [0.15, 0.2) is 18.2 Å². The van der Waals surface area contributed by atoms with Crippen LogP contribution >= 0.6 is 23.1 Å². The van der Waals surface area contributed by atoms with Crippen LogP contribution in [0, 0.1) is 5.92 Å². The molecule has 1 aliphatic heterocycles. The Morgan fingerprint density at radius 2 is 2.21 bits per heavy atom. The first-order chi connectivity index (χ1) is 13.4. The number of aromatic nitrogens is 2. The summed E-state index contributed by atoms with van der Waals surface area (Å²) >= 11 is 6.90. The monoisotopic (exact) mass is 424 g/mol. The number of nitrogens with one attached hydrogen (secondary N) is 1. The van der Waals surface area contributed by atoms with Crippen molar-refractivity contribution >= 4 is 51.6 Å². The van der Waals surface area contributed by atoms with E-state index in [0.717, 1.165) is 11.5 Å². The van der Waals surface area contributed by atoms with Crippen molar-refractivity contribution in [1.82, 2.24) is 9.59 Å². The lowest BCUT2D eigenvalue weighted by atomic mass is 10.1. The van der Waals surface area contributed by atoms with Gasteiger partial charge in [0.2, 0.25) is 17.5 Å². The van der Waals surface area contributed by atoms with E-state index in [1.807, 2.05) is 0 Å². The summed E-state index contributed by atoms with van der Waals surface area (Å²) in [5.41, 5.74) is 0.444. The molecule has 0 aliphatic carbocycles. The Morgan fingerprint density at radius 3 is 2.93 bits per heavy atom. The fourth-order valence-corrected chi connectivity index (χ4v) is 3.54. The number of rotatable bonds is 6. The van der Waals surface area contributed by atoms with Gasteiger partial charge in [-0.15, -0.1) is 5.10 Å². The fourth-order valence-electron chi connectivity index (χ4n) is 2.81. The van der Waals surface area contributed by atoms with Crippen LogP contribution in [0.25, 0.3) is 0 Å². The smallest absolute Gasteiger partial charge is 0.362 e. The maximum absolute atomic E-state index is 12.6. The molecule has 1 atom stereocenters. The molecule has 1 aromatic carbocycles. The summed E-state index contributed by atoms with van der Waals surface area (Å²) in [5.74, 6) is -1.44. The highest BCUT2D eigenvalue weighted by Gasteiger charge is 2.37. The Kier molecular flexibility index (Phi) is 6.10. The fraction of sp³-hybridized carbons (Fsp3) is 0.353. The molecule has 9 nitrogen and oxygen atoms in total. The second-order valence-corrected chi connectivity index (χ2v) is 7.07.